The van der Waals surface area contributed by atoms with E-state index in [0.29, 0.717) is 12.1 Å². The molecule has 1 aromatic heterocycles. The minimum absolute atomic E-state index is 0.0147. The molecule has 1 aromatic carbocycles. The molecule has 0 saturated carbocycles. The maximum atomic E-state index is 12.7. The van der Waals surface area contributed by atoms with Crippen LogP contribution in [0.15, 0.2) is 36.7 Å². The molecule has 1 amide bonds. The summed E-state index contributed by atoms with van der Waals surface area (Å²) in [5.74, 6) is 0.0147. The van der Waals surface area contributed by atoms with Crippen molar-refractivity contribution < 1.29 is 4.79 Å². The van der Waals surface area contributed by atoms with Crippen LogP contribution >= 0.6 is 0 Å². The number of aryl methyl sites for hydroxylation is 1. The molecule has 0 aliphatic carbocycles. The number of amides is 1. The van der Waals surface area contributed by atoms with Crippen LogP contribution < -0.4 is 4.90 Å². The van der Waals surface area contributed by atoms with Gasteiger partial charge in [0.25, 0.3) is 5.91 Å². The fourth-order valence-corrected chi connectivity index (χ4v) is 2.57. The van der Waals surface area contributed by atoms with Gasteiger partial charge in [-0.3, -0.25) is 9.48 Å². The van der Waals surface area contributed by atoms with E-state index in [1.54, 1.807) is 17.1 Å². The molecule has 0 atom stereocenters. The average molecular weight is 270 g/mol. The van der Waals surface area contributed by atoms with Crippen LogP contribution in [0.3, 0.4) is 0 Å². The van der Waals surface area contributed by atoms with Gasteiger partial charge in [0.2, 0.25) is 0 Å². The summed E-state index contributed by atoms with van der Waals surface area (Å²) >= 11 is 0. The summed E-state index contributed by atoms with van der Waals surface area (Å²) in [5.41, 5.74) is 2.82. The number of carbonyl (C=O) groups is 1. The summed E-state index contributed by atoms with van der Waals surface area (Å²) in [6.45, 7) is 2.43. The van der Waals surface area contributed by atoms with Crippen molar-refractivity contribution >= 4 is 11.6 Å². The quantitative estimate of drug-likeness (QED) is 0.789. The summed E-state index contributed by atoms with van der Waals surface area (Å²) in [6.07, 6.45) is 3.39. The molecule has 2 aromatic rings. The van der Waals surface area contributed by atoms with Crippen LogP contribution in [0.1, 0.15) is 15.9 Å². The van der Waals surface area contributed by atoms with Gasteiger partial charge in [-0.1, -0.05) is 18.2 Å². The molecule has 0 unspecified atom stereocenters. The van der Waals surface area contributed by atoms with Crippen LogP contribution in [0.2, 0.25) is 0 Å². The SMILES string of the molecule is CN1CCN(C(=O)c2cnn(C)c2)c2ccccc2C1. The standard InChI is InChI=1S/C15H18N4O/c1-17-7-8-19(14-6-4-3-5-12(14)10-17)15(20)13-9-16-18(2)11-13/h3-6,9,11H,7-8,10H2,1-2H3. The molecular formula is C15H18N4O. The number of nitrogens with zero attached hydrogens (tertiary/aromatic N) is 4. The number of hydrogen-bond acceptors (Lipinski definition) is 3. The first kappa shape index (κ1) is 12.9. The Balaban J connectivity index is 1.99. The minimum Gasteiger partial charge on any atom is -0.307 e. The second-order valence-electron chi connectivity index (χ2n) is 5.23. The second kappa shape index (κ2) is 5.09. The van der Waals surface area contributed by atoms with Crippen molar-refractivity contribution in [1.82, 2.24) is 14.7 Å². The molecule has 2 heterocycles. The van der Waals surface area contributed by atoms with Gasteiger partial charge in [0.05, 0.1) is 11.8 Å². The van der Waals surface area contributed by atoms with Crippen LogP contribution in [-0.2, 0) is 13.6 Å². The summed E-state index contributed by atoms with van der Waals surface area (Å²) in [6, 6.07) is 8.10. The molecule has 1 aliphatic heterocycles. The zero-order valence-corrected chi connectivity index (χ0v) is 11.8. The zero-order chi connectivity index (χ0) is 14.1. The van der Waals surface area contributed by atoms with Crippen molar-refractivity contribution in [2.75, 3.05) is 25.0 Å². The van der Waals surface area contributed by atoms with Gasteiger partial charge in [0, 0.05) is 38.6 Å². The highest BCUT2D eigenvalue weighted by atomic mass is 16.2. The van der Waals surface area contributed by atoms with Crippen molar-refractivity contribution in [3.63, 3.8) is 0 Å². The molecule has 0 N–H and O–H groups in total. The number of likely N-dealkylation sites (N-methyl/N-ethyl adjacent to an activating group) is 1. The molecule has 0 bridgehead atoms. The van der Waals surface area contributed by atoms with Gasteiger partial charge in [-0.2, -0.15) is 5.10 Å². The lowest BCUT2D eigenvalue weighted by Crippen LogP contribution is -2.35. The maximum absolute atomic E-state index is 12.7. The van der Waals surface area contributed by atoms with Gasteiger partial charge >= 0.3 is 0 Å². The lowest BCUT2D eigenvalue weighted by Gasteiger charge is -2.22. The average Bonchev–Trinajstić information content (AvgIpc) is 2.79. The molecule has 0 saturated heterocycles. The number of hydrogen-bond donors (Lipinski definition) is 0. The smallest absolute Gasteiger partial charge is 0.261 e. The van der Waals surface area contributed by atoms with E-state index in [-0.39, 0.29) is 5.91 Å². The Morgan fingerprint density at radius 2 is 2.00 bits per heavy atom. The van der Waals surface area contributed by atoms with Crippen molar-refractivity contribution in [2.24, 2.45) is 7.05 Å². The van der Waals surface area contributed by atoms with Crippen LogP contribution in [0.4, 0.5) is 5.69 Å². The highest BCUT2D eigenvalue weighted by Gasteiger charge is 2.24. The van der Waals surface area contributed by atoms with E-state index < -0.39 is 0 Å². The van der Waals surface area contributed by atoms with Crippen molar-refractivity contribution in [3.05, 3.63) is 47.8 Å². The van der Waals surface area contributed by atoms with Gasteiger partial charge in [0.15, 0.2) is 0 Å². The molecule has 104 valence electrons. The normalized spacial score (nSPS) is 15.8. The predicted molar refractivity (Wildman–Crippen MR) is 77.7 cm³/mol. The van der Waals surface area contributed by atoms with Crippen molar-refractivity contribution in [2.45, 2.75) is 6.54 Å². The highest BCUT2D eigenvalue weighted by Crippen LogP contribution is 2.25. The molecule has 5 nitrogen and oxygen atoms in total. The Morgan fingerprint density at radius 1 is 1.20 bits per heavy atom. The first-order valence-electron chi connectivity index (χ1n) is 6.72. The van der Waals surface area contributed by atoms with E-state index in [9.17, 15) is 4.79 Å². The molecule has 0 fully saturated rings. The number of aromatic nitrogens is 2. The van der Waals surface area contributed by atoms with Crippen LogP contribution in [0.25, 0.3) is 0 Å². The lowest BCUT2D eigenvalue weighted by molar-refractivity contribution is 0.0986. The molecular weight excluding hydrogens is 252 g/mol. The molecule has 0 spiro atoms. The summed E-state index contributed by atoms with van der Waals surface area (Å²) in [4.78, 5) is 16.8. The van der Waals surface area contributed by atoms with Gasteiger partial charge in [-0.25, -0.2) is 0 Å². The number of rotatable bonds is 1. The van der Waals surface area contributed by atoms with Crippen molar-refractivity contribution in [3.8, 4) is 0 Å². The Labute approximate surface area is 118 Å². The van der Waals surface area contributed by atoms with Gasteiger partial charge in [-0.15, -0.1) is 0 Å². The molecule has 3 rings (SSSR count). The number of para-hydroxylation sites is 1. The van der Waals surface area contributed by atoms with Gasteiger partial charge < -0.3 is 9.80 Å². The maximum Gasteiger partial charge on any atom is 0.261 e. The highest BCUT2D eigenvalue weighted by molar-refractivity contribution is 6.06. The van der Waals surface area contributed by atoms with Crippen molar-refractivity contribution in [1.29, 1.82) is 0 Å². The Kier molecular flexibility index (Phi) is 3.28. The minimum atomic E-state index is 0.0147. The summed E-state index contributed by atoms with van der Waals surface area (Å²) in [5, 5.41) is 4.09. The fourth-order valence-electron chi connectivity index (χ4n) is 2.57. The third kappa shape index (κ3) is 2.32. The topological polar surface area (TPSA) is 41.4 Å². The van der Waals surface area contributed by atoms with Gasteiger partial charge in [0.1, 0.15) is 0 Å². The molecule has 1 aliphatic rings. The van der Waals surface area contributed by atoms with E-state index in [0.717, 1.165) is 18.8 Å². The Bertz CT molecular complexity index is 634. The largest absolute Gasteiger partial charge is 0.307 e. The zero-order valence-electron chi connectivity index (χ0n) is 11.8. The monoisotopic (exact) mass is 270 g/mol. The third-order valence-electron chi connectivity index (χ3n) is 3.62. The van der Waals surface area contributed by atoms with E-state index in [1.807, 2.05) is 30.1 Å². The van der Waals surface area contributed by atoms with Crippen LogP contribution in [0, 0.1) is 0 Å². The first-order valence-corrected chi connectivity index (χ1v) is 6.72. The lowest BCUT2D eigenvalue weighted by atomic mass is 10.1. The number of fused-ring (bicyclic) bond motifs is 1. The van der Waals surface area contributed by atoms with E-state index in [4.69, 9.17) is 0 Å². The van der Waals surface area contributed by atoms with E-state index >= 15 is 0 Å². The van der Waals surface area contributed by atoms with Crippen LogP contribution in [0.5, 0.6) is 0 Å². The summed E-state index contributed by atoms with van der Waals surface area (Å²) < 4.78 is 1.66. The fraction of sp³-hybridized carbons (Fsp3) is 0.333. The predicted octanol–water partition coefficient (Wildman–Crippen LogP) is 1.51. The summed E-state index contributed by atoms with van der Waals surface area (Å²) in [7, 11) is 3.90. The third-order valence-corrected chi connectivity index (χ3v) is 3.62. The van der Waals surface area contributed by atoms with E-state index in [2.05, 4.69) is 23.1 Å². The Morgan fingerprint density at radius 3 is 2.75 bits per heavy atom. The molecule has 0 radical (unpaired) electrons. The Hall–Kier alpha value is -2.14. The van der Waals surface area contributed by atoms with Crippen LogP contribution in [-0.4, -0.2) is 40.7 Å². The van der Waals surface area contributed by atoms with Gasteiger partial charge in [-0.05, 0) is 18.7 Å². The second-order valence-corrected chi connectivity index (χ2v) is 5.23. The molecule has 5 heteroatoms. The number of carbonyl (C=O) groups excluding carboxylic acids is 1. The molecule has 20 heavy (non-hydrogen) atoms. The first-order chi connectivity index (χ1) is 9.65. The number of anilines is 1. The number of benzene rings is 1. The van der Waals surface area contributed by atoms with E-state index in [1.165, 1.54) is 5.56 Å².